The molecule has 0 saturated carbocycles. The molecule has 5 rings (SSSR count). The van der Waals surface area contributed by atoms with E-state index in [-0.39, 0.29) is 18.5 Å². The number of nitrogens with one attached hydrogen (secondary N) is 1. The lowest BCUT2D eigenvalue weighted by Crippen LogP contribution is -2.31. The van der Waals surface area contributed by atoms with E-state index in [2.05, 4.69) is 10.4 Å². The molecule has 7 nitrogen and oxygen atoms in total. The summed E-state index contributed by atoms with van der Waals surface area (Å²) in [6.45, 7) is 3.64. The molecule has 3 heterocycles. The fourth-order valence-corrected chi connectivity index (χ4v) is 3.74. The molecule has 0 spiro atoms. The van der Waals surface area contributed by atoms with E-state index >= 15 is 0 Å². The lowest BCUT2D eigenvalue weighted by Gasteiger charge is -2.21. The van der Waals surface area contributed by atoms with Gasteiger partial charge in [-0.2, -0.15) is 5.10 Å². The van der Waals surface area contributed by atoms with Crippen LogP contribution in [0.5, 0.6) is 17.2 Å². The van der Waals surface area contributed by atoms with Crippen LogP contribution in [0.2, 0.25) is 0 Å². The molecule has 1 unspecified atom stereocenters. The van der Waals surface area contributed by atoms with Gasteiger partial charge in [-0.1, -0.05) is 18.2 Å². The summed E-state index contributed by atoms with van der Waals surface area (Å²) in [6, 6.07) is 13.4. The van der Waals surface area contributed by atoms with Gasteiger partial charge in [-0.3, -0.25) is 9.48 Å². The number of hydrogen-bond donors (Lipinski definition) is 1. The monoisotopic (exact) mass is 391 g/mol. The number of benzene rings is 2. The number of para-hydroxylation sites is 1. The van der Waals surface area contributed by atoms with Crippen molar-refractivity contribution in [1.29, 1.82) is 0 Å². The maximum Gasteiger partial charge on any atom is 0.242 e. The number of ether oxygens (including phenoxy) is 3. The minimum atomic E-state index is -0.166. The average Bonchev–Trinajstić information content (AvgIpc) is 3.16. The van der Waals surface area contributed by atoms with Crippen LogP contribution in [0.15, 0.2) is 48.7 Å². The first-order valence-corrected chi connectivity index (χ1v) is 9.65. The third-order valence-electron chi connectivity index (χ3n) is 5.18. The minimum absolute atomic E-state index is 0.109. The lowest BCUT2D eigenvalue weighted by molar-refractivity contribution is -0.122. The van der Waals surface area contributed by atoms with Gasteiger partial charge >= 0.3 is 0 Å². The Kier molecular flexibility index (Phi) is 4.35. The number of carbonyl (C=O) groups is 1. The second-order valence-corrected chi connectivity index (χ2v) is 7.15. The van der Waals surface area contributed by atoms with Crippen molar-refractivity contribution in [3.8, 4) is 28.5 Å². The number of carbonyl (C=O) groups excluding carboxylic acids is 1. The van der Waals surface area contributed by atoms with Crippen LogP contribution in [0.1, 0.15) is 24.1 Å². The quantitative estimate of drug-likeness (QED) is 0.740. The Morgan fingerprint density at radius 3 is 2.83 bits per heavy atom. The smallest absolute Gasteiger partial charge is 0.242 e. The number of hydrogen-bond acceptors (Lipinski definition) is 5. The third-order valence-corrected chi connectivity index (χ3v) is 5.18. The summed E-state index contributed by atoms with van der Waals surface area (Å²) in [5.41, 5.74) is 3.84. The molecule has 3 aromatic rings. The van der Waals surface area contributed by atoms with Crippen molar-refractivity contribution >= 4 is 5.91 Å². The van der Waals surface area contributed by atoms with Gasteiger partial charge in [0, 0.05) is 11.1 Å². The number of fused-ring (bicyclic) bond motifs is 4. The summed E-state index contributed by atoms with van der Waals surface area (Å²) in [7, 11) is 0. The van der Waals surface area contributed by atoms with E-state index in [1.54, 1.807) is 10.9 Å². The molecule has 1 N–H and O–H groups in total. The highest BCUT2D eigenvalue weighted by Crippen LogP contribution is 2.37. The Morgan fingerprint density at radius 1 is 1.10 bits per heavy atom. The molecule has 0 fully saturated rings. The van der Waals surface area contributed by atoms with Crippen LogP contribution in [0.25, 0.3) is 11.3 Å². The number of amides is 1. The Balaban J connectivity index is 1.32. The van der Waals surface area contributed by atoms with Gasteiger partial charge in [0.1, 0.15) is 32.1 Å². The molecule has 1 aromatic heterocycles. The van der Waals surface area contributed by atoms with Crippen LogP contribution >= 0.6 is 0 Å². The highest BCUT2D eigenvalue weighted by atomic mass is 16.6. The molecule has 2 aliphatic heterocycles. The van der Waals surface area contributed by atoms with Crippen LogP contribution in [0.4, 0.5) is 0 Å². The van der Waals surface area contributed by atoms with E-state index in [1.165, 1.54) is 0 Å². The maximum absolute atomic E-state index is 12.7. The minimum Gasteiger partial charge on any atom is -0.488 e. The van der Waals surface area contributed by atoms with Crippen molar-refractivity contribution in [1.82, 2.24) is 15.1 Å². The molecule has 1 atom stereocenters. The van der Waals surface area contributed by atoms with Crippen molar-refractivity contribution in [3.63, 3.8) is 0 Å². The molecular formula is C22H21N3O4. The van der Waals surface area contributed by atoms with Gasteiger partial charge in [-0.15, -0.1) is 0 Å². The van der Waals surface area contributed by atoms with Gasteiger partial charge in [-0.25, -0.2) is 0 Å². The molecule has 2 aromatic carbocycles. The Morgan fingerprint density at radius 2 is 1.93 bits per heavy atom. The predicted molar refractivity (Wildman–Crippen MR) is 106 cm³/mol. The molecular weight excluding hydrogens is 370 g/mol. The number of aromatic nitrogens is 2. The largest absolute Gasteiger partial charge is 0.488 e. The van der Waals surface area contributed by atoms with E-state index in [0.29, 0.717) is 25.6 Å². The fraction of sp³-hybridized carbons (Fsp3) is 0.273. The molecule has 1 amide bonds. The Bertz CT molecular complexity index is 1080. The average molecular weight is 391 g/mol. The van der Waals surface area contributed by atoms with Gasteiger partial charge in [0.25, 0.3) is 0 Å². The Hall–Kier alpha value is -3.48. The zero-order chi connectivity index (χ0) is 19.8. The second-order valence-electron chi connectivity index (χ2n) is 7.15. The summed E-state index contributed by atoms with van der Waals surface area (Å²) in [6.07, 6.45) is 1.77. The van der Waals surface area contributed by atoms with E-state index in [4.69, 9.17) is 14.2 Å². The molecule has 0 aliphatic carbocycles. The molecule has 148 valence electrons. The first-order chi connectivity index (χ1) is 14.2. The fourth-order valence-electron chi connectivity index (χ4n) is 3.74. The number of rotatable bonds is 4. The standard InChI is InChI=1S/C22H21N3O4/c1-14(15-6-7-19-20(10-15)28-9-8-27-19)24-21(26)12-25-22-16(11-23-25)13-29-18-5-3-2-4-17(18)22/h2-7,10-11,14H,8-9,12-13H2,1H3,(H,24,26). The van der Waals surface area contributed by atoms with Crippen LogP contribution < -0.4 is 19.5 Å². The van der Waals surface area contributed by atoms with Gasteiger partial charge in [0.05, 0.1) is 17.9 Å². The molecule has 7 heteroatoms. The van der Waals surface area contributed by atoms with Crippen molar-refractivity contribution in [2.45, 2.75) is 26.1 Å². The molecule has 0 saturated heterocycles. The van der Waals surface area contributed by atoms with Crippen LogP contribution in [0, 0.1) is 0 Å². The summed E-state index contributed by atoms with van der Waals surface area (Å²) in [5.74, 6) is 2.16. The summed E-state index contributed by atoms with van der Waals surface area (Å²) >= 11 is 0. The topological polar surface area (TPSA) is 74.6 Å². The highest BCUT2D eigenvalue weighted by molar-refractivity contribution is 5.78. The predicted octanol–water partition coefficient (Wildman–Crippen LogP) is 3.09. The lowest BCUT2D eigenvalue weighted by atomic mass is 10.0. The summed E-state index contributed by atoms with van der Waals surface area (Å²) < 4.78 is 18.7. The molecule has 0 bridgehead atoms. The molecule has 0 radical (unpaired) electrons. The van der Waals surface area contributed by atoms with Crippen molar-refractivity contribution in [2.24, 2.45) is 0 Å². The van der Waals surface area contributed by atoms with Gasteiger partial charge in [0.2, 0.25) is 5.91 Å². The third kappa shape index (κ3) is 3.29. The van der Waals surface area contributed by atoms with E-state index in [0.717, 1.165) is 33.9 Å². The first kappa shape index (κ1) is 17.6. The van der Waals surface area contributed by atoms with Crippen LogP contribution in [-0.2, 0) is 17.9 Å². The van der Waals surface area contributed by atoms with E-state index < -0.39 is 0 Å². The zero-order valence-electron chi connectivity index (χ0n) is 16.1. The molecule has 2 aliphatic rings. The van der Waals surface area contributed by atoms with Gasteiger partial charge in [0.15, 0.2) is 11.5 Å². The highest BCUT2D eigenvalue weighted by Gasteiger charge is 2.23. The van der Waals surface area contributed by atoms with Crippen molar-refractivity contribution in [2.75, 3.05) is 13.2 Å². The zero-order valence-corrected chi connectivity index (χ0v) is 16.1. The van der Waals surface area contributed by atoms with Gasteiger partial charge in [-0.05, 0) is 36.8 Å². The summed E-state index contributed by atoms with van der Waals surface area (Å²) in [5, 5.41) is 7.46. The van der Waals surface area contributed by atoms with Crippen molar-refractivity contribution in [3.05, 3.63) is 59.8 Å². The summed E-state index contributed by atoms with van der Waals surface area (Å²) in [4.78, 5) is 12.7. The van der Waals surface area contributed by atoms with E-state index in [9.17, 15) is 4.79 Å². The van der Waals surface area contributed by atoms with Gasteiger partial charge < -0.3 is 19.5 Å². The first-order valence-electron chi connectivity index (χ1n) is 9.65. The maximum atomic E-state index is 12.7. The molecule has 29 heavy (non-hydrogen) atoms. The van der Waals surface area contributed by atoms with Crippen LogP contribution in [-0.4, -0.2) is 28.9 Å². The second kappa shape index (κ2) is 7.16. The van der Waals surface area contributed by atoms with Crippen LogP contribution in [0.3, 0.4) is 0 Å². The normalized spacial score (nSPS) is 14.9. The SMILES string of the molecule is CC(NC(=O)Cn1ncc2c1-c1ccccc1OC2)c1ccc2c(c1)OCCO2. The van der Waals surface area contributed by atoms with E-state index in [1.807, 2.05) is 49.4 Å². The van der Waals surface area contributed by atoms with Crippen molar-refractivity contribution < 1.29 is 19.0 Å². The number of nitrogens with zero attached hydrogens (tertiary/aromatic N) is 2. The Labute approximate surface area is 168 Å².